The van der Waals surface area contributed by atoms with E-state index in [2.05, 4.69) is 5.32 Å². The predicted molar refractivity (Wildman–Crippen MR) is 61.5 cm³/mol. The zero-order valence-electron chi connectivity index (χ0n) is 9.27. The molecule has 0 aromatic rings. The first-order valence-electron chi connectivity index (χ1n) is 5.31. The van der Waals surface area contributed by atoms with E-state index in [1.54, 1.807) is 0 Å². The van der Waals surface area contributed by atoms with Crippen LogP contribution in [0.3, 0.4) is 0 Å². The third-order valence-corrected chi connectivity index (χ3v) is 3.38. The number of ether oxygens (including phenoxy) is 1. The van der Waals surface area contributed by atoms with Gasteiger partial charge in [-0.2, -0.15) is 0 Å². The Morgan fingerprint density at radius 2 is 2.38 bits per heavy atom. The van der Waals surface area contributed by atoms with Crippen LogP contribution in [0.25, 0.3) is 0 Å². The third-order valence-electron chi connectivity index (χ3n) is 2.31. The average Bonchev–Trinajstić information content (AvgIpc) is 2.70. The average molecular weight is 247 g/mol. The molecule has 1 saturated heterocycles. The normalized spacial score (nSPS) is 21.7. The molecule has 1 fully saturated rings. The summed E-state index contributed by atoms with van der Waals surface area (Å²) in [6.45, 7) is 2.26. The molecular weight excluding hydrogens is 230 g/mol. The van der Waals surface area contributed by atoms with Gasteiger partial charge in [-0.1, -0.05) is 0 Å². The van der Waals surface area contributed by atoms with Crippen molar-refractivity contribution in [2.75, 3.05) is 18.1 Å². The lowest BCUT2D eigenvalue weighted by Crippen LogP contribution is -2.39. The summed E-state index contributed by atoms with van der Waals surface area (Å²) >= 11 is 1.48. The van der Waals surface area contributed by atoms with Crippen molar-refractivity contribution in [3.05, 3.63) is 0 Å². The SMILES string of the molecule is C[C@@H](NC(=O)CSCC1CCCO1)C(=O)O. The van der Waals surface area contributed by atoms with Gasteiger partial charge in [-0.3, -0.25) is 9.59 Å². The number of carbonyl (C=O) groups is 2. The fourth-order valence-corrected chi connectivity index (χ4v) is 2.32. The number of nitrogens with one attached hydrogen (secondary N) is 1. The molecule has 5 nitrogen and oxygen atoms in total. The number of rotatable bonds is 6. The second-order valence-electron chi connectivity index (χ2n) is 3.78. The minimum atomic E-state index is -1.02. The van der Waals surface area contributed by atoms with Crippen molar-refractivity contribution >= 4 is 23.6 Å². The molecule has 1 rings (SSSR count). The smallest absolute Gasteiger partial charge is 0.325 e. The van der Waals surface area contributed by atoms with Crippen molar-refractivity contribution in [2.45, 2.75) is 31.9 Å². The quantitative estimate of drug-likeness (QED) is 0.714. The van der Waals surface area contributed by atoms with Gasteiger partial charge in [0.1, 0.15) is 6.04 Å². The molecule has 0 spiro atoms. The molecule has 1 aliphatic rings. The number of hydrogen-bond acceptors (Lipinski definition) is 4. The molecule has 1 unspecified atom stereocenters. The van der Waals surface area contributed by atoms with Crippen molar-refractivity contribution in [1.82, 2.24) is 5.32 Å². The topological polar surface area (TPSA) is 75.6 Å². The molecule has 6 heteroatoms. The van der Waals surface area contributed by atoms with Gasteiger partial charge in [-0.05, 0) is 19.8 Å². The lowest BCUT2D eigenvalue weighted by molar-refractivity contribution is -0.140. The van der Waals surface area contributed by atoms with Crippen LogP contribution in [0.5, 0.6) is 0 Å². The molecule has 0 radical (unpaired) electrons. The molecule has 0 aromatic carbocycles. The van der Waals surface area contributed by atoms with Crippen molar-refractivity contribution in [3.8, 4) is 0 Å². The van der Waals surface area contributed by atoms with Crippen molar-refractivity contribution in [2.24, 2.45) is 0 Å². The van der Waals surface area contributed by atoms with Crippen LogP contribution in [0, 0.1) is 0 Å². The van der Waals surface area contributed by atoms with Gasteiger partial charge in [0.05, 0.1) is 11.9 Å². The third kappa shape index (κ3) is 4.85. The van der Waals surface area contributed by atoms with Gasteiger partial charge >= 0.3 is 5.97 Å². The standard InChI is InChI=1S/C10H17NO4S/c1-7(10(13)14)11-9(12)6-16-5-8-3-2-4-15-8/h7-8H,2-6H2,1H3,(H,11,12)(H,13,14)/t7-,8?/m1/s1. The van der Waals surface area contributed by atoms with E-state index < -0.39 is 12.0 Å². The van der Waals surface area contributed by atoms with Gasteiger partial charge in [-0.25, -0.2) is 0 Å². The molecular formula is C10H17NO4S. The van der Waals surface area contributed by atoms with Crippen LogP contribution < -0.4 is 5.32 Å². The summed E-state index contributed by atoms with van der Waals surface area (Å²) in [5.41, 5.74) is 0. The Morgan fingerprint density at radius 1 is 1.62 bits per heavy atom. The van der Waals surface area contributed by atoms with Crippen LogP contribution in [0.2, 0.25) is 0 Å². The maximum atomic E-state index is 11.3. The number of amides is 1. The summed E-state index contributed by atoms with van der Waals surface area (Å²) in [7, 11) is 0. The molecule has 0 aliphatic carbocycles. The number of carboxylic acids is 1. The van der Waals surface area contributed by atoms with E-state index in [4.69, 9.17) is 9.84 Å². The van der Waals surface area contributed by atoms with Gasteiger partial charge in [0.25, 0.3) is 0 Å². The molecule has 1 amide bonds. The van der Waals surface area contributed by atoms with Gasteiger partial charge < -0.3 is 15.2 Å². The molecule has 0 bridgehead atoms. The van der Waals surface area contributed by atoms with Gasteiger partial charge in [0.2, 0.25) is 5.91 Å². The van der Waals surface area contributed by atoms with Crippen LogP contribution in [0.4, 0.5) is 0 Å². The Hall–Kier alpha value is -0.750. The molecule has 0 aromatic heterocycles. The van der Waals surface area contributed by atoms with Gasteiger partial charge in [-0.15, -0.1) is 11.8 Å². The first kappa shape index (κ1) is 13.3. The second-order valence-corrected chi connectivity index (χ2v) is 4.81. The fraction of sp³-hybridized carbons (Fsp3) is 0.800. The highest BCUT2D eigenvalue weighted by Crippen LogP contribution is 2.16. The summed E-state index contributed by atoms with van der Waals surface area (Å²) in [4.78, 5) is 21.8. The van der Waals surface area contributed by atoms with Crippen LogP contribution in [-0.4, -0.2) is 47.2 Å². The summed E-state index contributed by atoms with van der Waals surface area (Å²) < 4.78 is 5.41. The van der Waals surface area contributed by atoms with Gasteiger partial charge in [0.15, 0.2) is 0 Å². The first-order valence-corrected chi connectivity index (χ1v) is 6.46. The number of aliphatic carboxylic acids is 1. The number of carbonyl (C=O) groups excluding carboxylic acids is 1. The lowest BCUT2D eigenvalue weighted by atomic mass is 10.3. The van der Waals surface area contributed by atoms with Crippen molar-refractivity contribution in [1.29, 1.82) is 0 Å². The van der Waals surface area contributed by atoms with E-state index in [1.165, 1.54) is 18.7 Å². The fourth-order valence-electron chi connectivity index (χ4n) is 1.40. The Balaban J connectivity index is 2.07. The second kappa shape index (κ2) is 6.75. The predicted octanol–water partition coefficient (Wildman–Crippen LogP) is 0.488. The van der Waals surface area contributed by atoms with Crippen LogP contribution >= 0.6 is 11.8 Å². The minimum absolute atomic E-state index is 0.238. The van der Waals surface area contributed by atoms with Crippen LogP contribution in [-0.2, 0) is 14.3 Å². The van der Waals surface area contributed by atoms with E-state index in [0.29, 0.717) is 0 Å². The maximum absolute atomic E-state index is 11.3. The van der Waals surface area contributed by atoms with E-state index in [1.807, 2.05) is 0 Å². The molecule has 1 heterocycles. The maximum Gasteiger partial charge on any atom is 0.325 e. The number of carboxylic acid groups (broad SMARTS) is 1. The number of hydrogen-bond donors (Lipinski definition) is 2. The highest BCUT2D eigenvalue weighted by atomic mass is 32.2. The van der Waals surface area contributed by atoms with Gasteiger partial charge in [0, 0.05) is 12.4 Å². The molecule has 16 heavy (non-hydrogen) atoms. The molecule has 2 atom stereocenters. The molecule has 0 saturated carbocycles. The van der Waals surface area contributed by atoms with E-state index >= 15 is 0 Å². The molecule has 1 aliphatic heterocycles. The molecule has 2 N–H and O–H groups in total. The van der Waals surface area contributed by atoms with Crippen molar-refractivity contribution in [3.63, 3.8) is 0 Å². The Kier molecular flexibility index (Phi) is 5.62. The highest BCUT2D eigenvalue weighted by molar-refractivity contribution is 7.99. The summed E-state index contributed by atoms with van der Waals surface area (Å²) in [5, 5.41) is 11.0. The van der Waals surface area contributed by atoms with Crippen molar-refractivity contribution < 1.29 is 19.4 Å². The van der Waals surface area contributed by atoms with E-state index in [9.17, 15) is 9.59 Å². The van der Waals surface area contributed by atoms with E-state index in [0.717, 1.165) is 25.2 Å². The Bertz CT molecular complexity index is 253. The summed E-state index contributed by atoms with van der Waals surface area (Å²) in [5.74, 6) is -0.165. The van der Waals surface area contributed by atoms with Crippen LogP contribution in [0.1, 0.15) is 19.8 Å². The van der Waals surface area contributed by atoms with Crippen LogP contribution in [0.15, 0.2) is 0 Å². The highest BCUT2D eigenvalue weighted by Gasteiger charge is 2.17. The van der Waals surface area contributed by atoms with E-state index in [-0.39, 0.29) is 17.8 Å². The Labute approximate surface area is 98.9 Å². The minimum Gasteiger partial charge on any atom is -0.480 e. The summed E-state index contributed by atoms with van der Waals surface area (Å²) in [6.07, 6.45) is 2.41. The Morgan fingerprint density at radius 3 is 2.94 bits per heavy atom. The molecule has 92 valence electrons. The monoisotopic (exact) mass is 247 g/mol. The summed E-state index contributed by atoms with van der Waals surface area (Å²) in [6, 6.07) is -0.823. The number of thioether (sulfide) groups is 1. The lowest BCUT2D eigenvalue weighted by Gasteiger charge is -2.10. The largest absolute Gasteiger partial charge is 0.480 e. The zero-order chi connectivity index (χ0) is 12.0. The first-order chi connectivity index (χ1) is 7.59. The zero-order valence-corrected chi connectivity index (χ0v) is 10.1.